The Morgan fingerprint density at radius 2 is 1.62 bits per heavy atom. The van der Waals surface area contributed by atoms with Crippen molar-refractivity contribution in [2.24, 2.45) is 5.10 Å². The summed E-state index contributed by atoms with van der Waals surface area (Å²) in [5.74, 6) is 1.12. The number of hydrazone groups is 1. The van der Waals surface area contributed by atoms with Crippen molar-refractivity contribution in [3.63, 3.8) is 0 Å². The van der Waals surface area contributed by atoms with E-state index in [-0.39, 0.29) is 16.8 Å². The molecule has 1 N–H and O–H groups in total. The van der Waals surface area contributed by atoms with Crippen LogP contribution in [0.25, 0.3) is 0 Å². The molecule has 2 atom stereocenters. The van der Waals surface area contributed by atoms with Crippen LogP contribution in [-0.4, -0.2) is 22.9 Å². The van der Waals surface area contributed by atoms with Gasteiger partial charge in [0.15, 0.2) is 0 Å². The van der Waals surface area contributed by atoms with E-state index in [4.69, 9.17) is 61.0 Å². The van der Waals surface area contributed by atoms with Gasteiger partial charge in [0.2, 0.25) is 6.23 Å². The summed E-state index contributed by atoms with van der Waals surface area (Å²) in [6.07, 6.45) is -0.205. The first-order valence-corrected chi connectivity index (χ1v) is 11.2. The van der Waals surface area contributed by atoms with Gasteiger partial charge in [-0.3, -0.25) is 0 Å². The Bertz CT molecular complexity index is 1250. The highest BCUT2D eigenvalue weighted by Gasteiger charge is 2.43. The van der Waals surface area contributed by atoms with Crippen LogP contribution >= 0.6 is 46.4 Å². The van der Waals surface area contributed by atoms with Gasteiger partial charge in [-0.1, -0.05) is 46.4 Å². The van der Waals surface area contributed by atoms with E-state index < -0.39 is 6.23 Å². The van der Waals surface area contributed by atoms with Crippen LogP contribution in [-0.2, 0) is 0 Å². The lowest BCUT2D eigenvalue weighted by Gasteiger charge is -2.38. The Morgan fingerprint density at radius 1 is 0.969 bits per heavy atom. The normalized spacial score (nSPS) is 19.2. The quantitative estimate of drug-likeness (QED) is 0.403. The maximum absolute atomic E-state index is 10.7. The van der Waals surface area contributed by atoms with Crippen molar-refractivity contribution >= 4 is 52.1 Å². The Labute approximate surface area is 204 Å². The van der Waals surface area contributed by atoms with Crippen molar-refractivity contribution in [2.45, 2.75) is 18.7 Å². The van der Waals surface area contributed by atoms with Crippen LogP contribution in [0.1, 0.15) is 35.4 Å². The van der Waals surface area contributed by atoms with E-state index in [2.05, 4.69) is 0 Å². The molecular weight excluding hydrogens is 494 g/mol. The molecule has 164 valence electrons. The van der Waals surface area contributed by atoms with Crippen molar-refractivity contribution in [1.82, 2.24) is 5.01 Å². The van der Waals surface area contributed by atoms with Crippen LogP contribution in [0.2, 0.25) is 20.1 Å². The zero-order chi connectivity index (χ0) is 22.6. The number of phenolic OH excluding ortho intramolecular Hbond substituents is 1. The molecule has 32 heavy (non-hydrogen) atoms. The number of hydrogen-bond acceptors (Lipinski definition) is 5. The third-order valence-corrected chi connectivity index (χ3v) is 6.56. The largest absolute Gasteiger partial charge is 0.506 e. The molecule has 3 aromatic carbocycles. The van der Waals surface area contributed by atoms with E-state index in [1.807, 2.05) is 30.3 Å². The minimum atomic E-state index is -0.793. The number of nitrogens with zero attached hydrogens (tertiary/aromatic N) is 2. The number of halogens is 4. The minimum absolute atomic E-state index is 0.124. The van der Waals surface area contributed by atoms with E-state index >= 15 is 0 Å². The topological polar surface area (TPSA) is 54.3 Å². The lowest BCUT2D eigenvalue weighted by Crippen LogP contribution is -2.34. The summed E-state index contributed by atoms with van der Waals surface area (Å²) in [6, 6.07) is 14.0. The number of rotatable bonds is 3. The Balaban J connectivity index is 1.65. The predicted molar refractivity (Wildman–Crippen MR) is 127 cm³/mol. The molecule has 0 bridgehead atoms. The molecule has 2 aliphatic heterocycles. The van der Waals surface area contributed by atoms with Crippen LogP contribution in [0, 0.1) is 0 Å². The first kappa shape index (κ1) is 21.5. The molecule has 3 aromatic rings. The van der Waals surface area contributed by atoms with Crippen LogP contribution < -0.4 is 9.47 Å². The molecule has 0 fully saturated rings. The van der Waals surface area contributed by atoms with Crippen molar-refractivity contribution in [1.29, 1.82) is 0 Å². The zero-order valence-corrected chi connectivity index (χ0v) is 19.7. The maximum atomic E-state index is 10.7. The van der Waals surface area contributed by atoms with E-state index in [0.29, 0.717) is 32.8 Å². The lowest BCUT2D eigenvalue weighted by atomic mass is 9.95. The monoisotopic (exact) mass is 508 g/mol. The molecule has 2 heterocycles. The highest BCUT2D eigenvalue weighted by atomic mass is 35.5. The van der Waals surface area contributed by atoms with E-state index in [0.717, 1.165) is 22.6 Å². The Kier molecular flexibility index (Phi) is 5.54. The highest BCUT2D eigenvalue weighted by molar-refractivity contribution is 6.36. The summed E-state index contributed by atoms with van der Waals surface area (Å²) in [4.78, 5) is 0. The number of fused-ring (bicyclic) bond motifs is 3. The third kappa shape index (κ3) is 3.63. The SMILES string of the molecule is COc1ccc(C2=NN3[C@H](C2)c2cc(Cl)cc(Cl)c2O[C@H]3c2cc(Cl)cc(Cl)c2O)cc1. The van der Waals surface area contributed by atoms with Gasteiger partial charge in [-0.05, 0) is 54.1 Å². The fourth-order valence-corrected chi connectivity index (χ4v) is 5.11. The first-order valence-electron chi connectivity index (χ1n) is 9.69. The summed E-state index contributed by atoms with van der Waals surface area (Å²) >= 11 is 25.2. The standard InChI is InChI=1S/C23H16Cl4N2O3/c1-31-14-4-2-11(3-5-14)19-10-20-15-6-12(24)9-18(27)22(15)32-23(29(20)28-19)16-7-13(25)8-17(26)21(16)30/h2-9,20,23,30H,10H2,1H3/t20-,23+/m1/s1. The molecule has 0 saturated carbocycles. The predicted octanol–water partition coefficient (Wildman–Crippen LogP) is 7.26. The first-order chi connectivity index (χ1) is 15.4. The van der Waals surface area contributed by atoms with Gasteiger partial charge in [0.1, 0.15) is 17.2 Å². The Morgan fingerprint density at radius 3 is 2.31 bits per heavy atom. The summed E-state index contributed by atoms with van der Waals surface area (Å²) in [7, 11) is 1.62. The average Bonchev–Trinajstić information content (AvgIpc) is 3.22. The summed E-state index contributed by atoms with van der Waals surface area (Å²) in [5, 5.41) is 18.7. The van der Waals surface area contributed by atoms with Gasteiger partial charge >= 0.3 is 0 Å². The molecule has 5 nitrogen and oxygen atoms in total. The molecule has 2 aliphatic rings. The van der Waals surface area contributed by atoms with Crippen molar-refractivity contribution in [3.05, 3.63) is 85.3 Å². The van der Waals surface area contributed by atoms with Crippen molar-refractivity contribution in [3.8, 4) is 17.2 Å². The van der Waals surface area contributed by atoms with Crippen LogP contribution in [0.3, 0.4) is 0 Å². The van der Waals surface area contributed by atoms with Gasteiger partial charge in [-0.2, -0.15) is 5.10 Å². The van der Waals surface area contributed by atoms with Gasteiger partial charge in [0.05, 0.1) is 34.5 Å². The number of ether oxygens (including phenoxy) is 2. The van der Waals surface area contributed by atoms with Crippen LogP contribution in [0.15, 0.2) is 53.6 Å². The van der Waals surface area contributed by atoms with E-state index in [1.54, 1.807) is 24.3 Å². The average molecular weight is 510 g/mol. The molecule has 0 spiro atoms. The molecule has 0 aromatic heterocycles. The molecular formula is C23H16Cl4N2O3. The van der Waals surface area contributed by atoms with Crippen LogP contribution in [0.4, 0.5) is 0 Å². The number of methoxy groups -OCH3 is 1. The highest BCUT2D eigenvalue weighted by Crippen LogP contribution is 2.52. The number of benzene rings is 3. The second-order valence-electron chi connectivity index (χ2n) is 7.48. The number of hydrogen-bond donors (Lipinski definition) is 1. The van der Waals surface area contributed by atoms with Gasteiger partial charge in [0, 0.05) is 22.0 Å². The lowest BCUT2D eigenvalue weighted by molar-refractivity contribution is -0.0202. The third-order valence-electron chi connectivity index (χ3n) is 5.56. The fraction of sp³-hybridized carbons (Fsp3) is 0.174. The molecule has 0 amide bonds. The molecule has 0 radical (unpaired) electrons. The van der Waals surface area contributed by atoms with E-state index in [1.165, 1.54) is 6.07 Å². The number of aromatic hydroxyl groups is 1. The van der Waals surface area contributed by atoms with Gasteiger partial charge in [0.25, 0.3) is 0 Å². The molecule has 5 rings (SSSR count). The molecule has 0 unspecified atom stereocenters. The van der Waals surface area contributed by atoms with E-state index in [9.17, 15) is 5.11 Å². The van der Waals surface area contributed by atoms with Gasteiger partial charge in [-0.15, -0.1) is 0 Å². The molecule has 9 heteroatoms. The molecule has 0 aliphatic carbocycles. The summed E-state index contributed by atoms with van der Waals surface area (Å²) < 4.78 is 11.5. The van der Waals surface area contributed by atoms with Crippen molar-refractivity contribution < 1.29 is 14.6 Å². The van der Waals surface area contributed by atoms with Gasteiger partial charge < -0.3 is 14.6 Å². The van der Waals surface area contributed by atoms with Gasteiger partial charge in [-0.25, -0.2) is 5.01 Å². The fourth-order valence-electron chi connectivity index (χ4n) is 4.05. The Hall–Kier alpha value is -2.31. The summed E-state index contributed by atoms with van der Waals surface area (Å²) in [6.45, 7) is 0. The minimum Gasteiger partial charge on any atom is -0.506 e. The second-order valence-corrected chi connectivity index (χ2v) is 9.16. The molecule has 0 saturated heterocycles. The maximum Gasteiger partial charge on any atom is 0.217 e. The smallest absolute Gasteiger partial charge is 0.217 e. The second kappa shape index (κ2) is 8.23. The van der Waals surface area contributed by atoms with Crippen LogP contribution in [0.5, 0.6) is 17.2 Å². The van der Waals surface area contributed by atoms with Crippen molar-refractivity contribution in [2.75, 3.05) is 7.11 Å². The zero-order valence-electron chi connectivity index (χ0n) is 16.7. The number of phenols is 1. The summed E-state index contributed by atoms with van der Waals surface area (Å²) in [5.41, 5.74) is 3.01.